The van der Waals surface area contributed by atoms with Crippen molar-refractivity contribution in [3.8, 4) is 5.75 Å². The standard InChI is InChI=1S/C13H15Cl2NO4/c1-6(13(18)19)7(2)16-12(17)8-4-9(14)11(20-3)10(15)5-8/h4-7H,1-3H3,(H,16,17)(H,18,19). The lowest BCUT2D eigenvalue weighted by Crippen LogP contribution is -2.40. The molecule has 1 aromatic carbocycles. The molecule has 1 rings (SSSR count). The van der Waals surface area contributed by atoms with Crippen LogP contribution in [0.5, 0.6) is 5.75 Å². The number of carbonyl (C=O) groups is 2. The van der Waals surface area contributed by atoms with E-state index < -0.39 is 23.8 Å². The van der Waals surface area contributed by atoms with Gasteiger partial charge in [-0.05, 0) is 26.0 Å². The summed E-state index contributed by atoms with van der Waals surface area (Å²) in [5.41, 5.74) is 0.241. The Morgan fingerprint density at radius 1 is 1.25 bits per heavy atom. The number of halogens is 2. The van der Waals surface area contributed by atoms with Crippen molar-refractivity contribution in [2.24, 2.45) is 5.92 Å². The number of benzene rings is 1. The number of aliphatic carboxylic acids is 1. The van der Waals surface area contributed by atoms with E-state index in [1.807, 2.05) is 0 Å². The van der Waals surface area contributed by atoms with Gasteiger partial charge in [-0.1, -0.05) is 23.2 Å². The highest BCUT2D eigenvalue weighted by molar-refractivity contribution is 6.37. The molecule has 2 N–H and O–H groups in total. The lowest BCUT2D eigenvalue weighted by Gasteiger charge is -2.18. The van der Waals surface area contributed by atoms with Crippen LogP contribution in [0.2, 0.25) is 10.0 Å². The summed E-state index contributed by atoms with van der Waals surface area (Å²) in [5, 5.41) is 11.9. The van der Waals surface area contributed by atoms with Crippen LogP contribution < -0.4 is 10.1 Å². The molecule has 110 valence electrons. The molecule has 2 atom stereocenters. The molecule has 5 nitrogen and oxygen atoms in total. The fourth-order valence-corrected chi connectivity index (χ4v) is 2.16. The molecule has 0 aromatic heterocycles. The molecule has 0 saturated heterocycles. The second kappa shape index (κ2) is 6.81. The van der Waals surface area contributed by atoms with Crippen LogP contribution in [0.1, 0.15) is 24.2 Å². The number of amides is 1. The van der Waals surface area contributed by atoms with Crippen molar-refractivity contribution in [1.82, 2.24) is 5.32 Å². The van der Waals surface area contributed by atoms with Crippen molar-refractivity contribution in [3.05, 3.63) is 27.7 Å². The van der Waals surface area contributed by atoms with Crippen LogP contribution in [-0.2, 0) is 4.79 Å². The third-order valence-electron chi connectivity index (χ3n) is 2.96. The highest BCUT2D eigenvalue weighted by atomic mass is 35.5. The largest absolute Gasteiger partial charge is 0.494 e. The zero-order valence-corrected chi connectivity index (χ0v) is 12.7. The minimum Gasteiger partial charge on any atom is -0.494 e. The predicted octanol–water partition coefficient (Wildman–Crippen LogP) is 2.84. The molecular formula is C13H15Cl2NO4. The summed E-state index contributed by atoms with van der Waals surface area (Å²) >= 11 is 11.9. The number of carbonyl (C=O) groups excluding carboxylic acids is 1. The van der Waals surface area contributed by atoms with Gasteiger partial charge in [-0.15, -0.1) is 0 Å². The maximum Gasteiger partial charge on any atom is 0.308 e. The Balaban J connectivity index is 2.91. The molecule has 0 bridgehead atoms. The smallest absolute Gasteiger partial charge is 0.308 e. The lowest BCUT2D eigenvalue weighted by atomic mass is 10.0. The second-order valence-corrected chi connectivity index (χ2v) is 5.18. The summed E-state index contributed by atoms with van der Waals surface area (Å²) in [5.74, 6) is -1.85. The van der Waals surface area contributed by atoms with Crippen LogP contribution >= 0.6 is 23.2 Å². The summed E-state index contributed by atoms with van der Waals surface area (Å²) < 4.78 is 4.99. The van der Waals surface area contributed by atoms with Crippen molar-refractivity contribution < 1.29 is 19.4 Å². The summed E-state index contributed by atoms with van der Waals surface area (Å²) in [4.78, 5) is 22.9. The van der Waals surface area contributed by atoms with Crippen LogP contribution in [0, 0.1) is 5.92 Å². The molecule has 0 aliphatic heterocycles. The molecule has 0 spiro atoms. The van der Waals surface area contributed by atoms with Gasteiger partial charge < -0.3 is 15.2 Å². The van der Waals surface area contributed by atoms with E-state index in [1.165, 1.54) is 26.2 Å². The SMILES string of the molecule is COc1c(Cl)cc(C(=O)NC(C)C(C)C(=O)O)cc1Cl. The maximum atomic E-state index is 12.0. The molecule has 1 amide bonds. The Kier molecular flexibility index (Phi) is 5.65. The van der Waals surface area contributed by atoms with Gasteiger partial charge in [0.05, 0.1) is 23.1 Å². The number of carboxylic acids is 1. The van der Waals surface area contributed by atoms with E-state index in [-0.39, 0.29) is 21.4 Å². The third-order valence-corrected chi connectivity index (χ3v) is 3.52. The third kappa shape index (κ3) is 3.77. The zero-order valence-electron chi connectivity index (χ0n) is 11.2. The Hall–Kier alpha value is -1.46. The number of methoxy groups -OCH3 is 1. The fourth-order valence-electron chi connectivity index (χ4n) is 1.51. The van der Waals surface area contributed by atoms with Crippen molar-refractivity contribution in [2.75, 3.05) is 7.11 Å². The molecule has 0 fully saturated rings. The summed E-state index contributed by atoms with van der Waals surface area (Å²) in [7, 11) is 1.42. The minimum atomic E-state index is -0.983. The van der Waals surface area contributed by atoms with Gasteiger partial charge in [-0.3, -0.25) is 9.59 Å². The number of nitrogens with one attached hydrogen (secondary N) is 1. The van der Waals surface area contributed by atoms with Crippen LogP contribution in [-0.4, -0.2) is 30.1 Å². The molecule has 7 heteroatoms. The average molecular weight is 320 g/mol. The average Bonchev–Trinajstić information content (AvgIpc) is 2.36. The van der Waals surface area contributed by atoms with Crippen LogP contribution in [0.4, 0.5) is 0 Å². The van der Waals surface area contributed by atoms with Gasteiger partial charge in [0.1, 0.15) is 0 Å². The Morgan fingerprint density at radius 2 is 1.75 bits per heavy atom. The second-order valence-electron chi connectivity index (χ2n) is 4.36. The van der Waals surface area contributed by atoms with Gasteiger partial charge in [0.2, 0.25) is 0 Å². The molecular weight excluding hydrogens is 305 g/mol. The molecule has 1 aromatic rings. The summed E-state index contributed by atoms with van der Waals surface area (Å²) in [6, 6.07) is 2.30. The Morgan fingerprint density at radius 3 is 2.15 bits per heavy atom. The molecule has 0 saturated carbocycles. The van der Waals surface area contributed by atoms with E-state index in [4.69, 9.17) is 33.0 Å². The zero-order chi connectivity index (χ0) is 15.4. The van der Waals surface area contributed by atoms with Crippen LogP contribution in [0.3, 0.4) is 0 Å². The van der Waals surface area contributed by atoms with Gasteiger partial charge in [-0.25, -0.2) is 0 Å². The molecule has 0 radical (unpaired) electrons. The Bertz CT molecular complexity index is 510. The maximum absolute atomic E-state index is 12.0. The van der Waals surface area contributed by atoms with Gasteiger partial charge in [0.25, 0.3) is 5.91 Å². The van der Waals surface area contributed by atoms with E-state index in [0.717, 1.165) is 0 Å². The van der Waals surface area contributed by atoms with E-state index in [9.17, 15) is 9.59 Å². The number of carboxylic acid groups (broad SMARTS) is 1. The molecule has 2 unspecified atom stereocenters. The number of hydrogen-bond acceptors (Lipinski definition) is 3. The number of hydrogen-bond donors (Lipinski definition) is 2. The monoisotopic (exact) mass is 319 g/mol. The van der Waals surface area contributed by atoms with E-state index in [1.54, 1.807) is 6.92 Å². The first kappa shape index (κ1) is 16.6. The fraction of sp³-hybridized carbons (Fsp3) is 0.385. The quantitative estimate of drug-likeness (QED) is 0.875. The number of rotatable bonds is 5. The normalized spacial score (nSPS) is 13.4. The highest BCUT2D eigenvalue weighted by Gasteiger charge is 2.22. The summed E-state index contributed by atoms with van der Waals surface area (Å²) in [6.07, 6.45) is 0. The minimum absolute atomic E-state index is 0.212. The number of ether oxygens (including phenoxy) is 1. The first-order chi connectivity index (χ1) is 9.27. The van der Waals surface area contributed by atoms with E-state index in [2.05, 4.69) is 5.32 Å². The van der Waals surface area contributed by atoms with Gasteiger partial charge in [-0.2, -0.15) is 0 Å². The first-order valence-corrected chi connectivity index (χ1v) is 6.60. The van der Waals surface area contributed by atoms with Crippen LogP contribution in [0.25, 0.3) is 0 Å². The van der Waals surface area contributed by atoms with Crippen LogP contribution in [0.15, 0.2) is 12.1 Å². The predicted molar refractivity (Wildman–Crippen MR) is 76.7 cm³/mol. The topological polar surface area (TPSA) is 75.6 Å². The molecule has 0 aliphatic carbocycles. The van der Waals surface area contributed by atoms with E-state index >= 15 is 0 Å². The van der Waals surface area contributed by atoms with Gasteiger partial charge in [0.15, 0.2) is 5.75 Å². The molecule has 20 heavy (non-hydrogen) atoms. The highest BCUT2D eigenvalue weighted by Crippen LogP contribution is 2.33. The van der Waals surface area contributed by atoms with Gasteiger partial charge in [0, 0.05) is 11.6 Å². The molecule has 0 aliphatic rings. The van der Waals surface area contributed by atoms with Crippen molar-refractivity contribution >= 4 is 35.1 Å². The van der Waals surface area contributed by atoms with Crippen molar-refractivity contribution in [1.29, 1.82) is 0 Å². The van der Waals surface area contributed by atoms with Crippen molar-refractivity contribution in [2.45, 2.75) is 19.9 Å². The first-order valence-electron chi connectivity index (χ1n) is 5.84. The molecule has 0 heterocycles. The lowest BCUT2D eigenvalue weighted by molar-refractivity contribution is -0.141. The summed E-state index contributed by atoms with van der Waals surface area (Å²) in [6.45, 7) is 3.13. The van der Waals surface area contributed by atoms with E-state index in [0.29, 0.717) is 0 Å². The van der Waals surface area contributed by atoms with Gasteiger partial charge >= 0.3 is 5.97 Å². The Labute approximate surface area is 126 Å². The van der Waals surface area contributed by atoms with Crippen molar-refractivity contribution in [3.63, 3.8) is 0 Å².